The molecule has 7 heteroatoms. The number of aromatic nitrogens is 3. The van der Waals surface area contributed by atoms with E-state index in [4.69, 9.17) is 27.9 Å². The third kappa shape index (κ3) is 4.22. The molecule has 0 aliphatic carbocycles. The van der Waals surface area contributed by atoms with Crippen LogP contribution in [0.4, 0.5) is 11.6 Å². The van der Waals surface area contributed by atoms with Gasteiger partial charge in [-0.15, -0.1) is 0 Å². The molecule has 5 nitrogen and oxygen atoms in total. The molecule has 0 saturated carbocycles. The van der Waals surface area contributed by atoms with Gasteiger partial charge in [0.2, 0.25) is 11.2 Å². The van der Waals surface area contributed by atoms with Crippen molar-refractivity contribution in [1.82, 2.24) is 15.0 Å². The summed E-state index contributed by atoms with van der Waals surface area (Å²) in [5, 5.41) is 3.73. The first-order valence-corrected chi connectivity index (χ1v) is 6.39. The van der Waals surface area contributed by atoms with Gasteiger partial charge in [-0.3, -0.25) is 0 Å². The SMILES string of the molecule is CC(C)Oc1nc(Cl)nc(Nc2ccc(Cl)cc2)n1. The van der Waals surface area contributed by atoms with E-state index in [9.17, 15) is 0 Å². The minimum absolute atomic E-state index is 0.0400. The molecule has 0 aliphatic rings. The van der Waals surface area contributed by atoms with Crippen molar-refractivity contribution in [2.75, 3.05) is 5.32 Å². The number of hydrogen-bond acceptors (Lipinski definition) is 5. The van der Waals surface area contributed by atoms with Gasteiger partial charge in [0.25, 0.3) is 0 Å². The van der Waals surface area contributed by atoms with Gasteiger partial charge in [-0.25, -0.2) is 0 Å². The van der Waals surface area contributed by atoms with E-state index >= 15 is 0 Å². The summed E-state index contributed by atoms with van der Waals surface area (Å²) in [6.45, 7) is 3.76. The summed E-state index contributed by atoms with van der Waals surface area (Å²) >= 11 is 11.6. The molecule has 100 valence electrons. The first-order chi connectivity index (χ1) is 9.02. The maximum Gasteiger partial charge on any atom is 0.322 e. The molecule has 0 bridgehead atoms. The van der Waals surface area contributed by atoms with Crippen LogP contribution in [-0.2, 0) is 0 Å². The molecule has 0 unspecified atom stereocenters. The van der Waals surface area contributed by atoms with Crippen molar-refractivity contribution >= 4 is 34.8 Å². The summed E-state index contributed by atoms with van der Waals surface area (Å²) in [6, 6.07) is 7.33. The molecule has 0 saturated heterocycles. The van der Waals surface area contributed by atoms with Gasteiger partial charge in [0, 0.05) is 10.7 Å². The highest BCUT2D eigenvalue weighted by atomic mass is 35.5. The predicted molar refractivity (Wildman–Crippen MR) is 75.3 cm³/mol. The summed E-state index contributed by atoms with van der Waals surface area (Å²) in [5.41, 5.74) is 0.794. The van der Waals surface area contributed by atoms with Crippen molar-refractivity contribution in [1.29, 1.82) is 0 Å². The Hall–Kier alpha value is -1.59. The molecule has 2 aromatic rings. The van der Waals surface area contributed by atoms with Crippen molar-refractivity contribution in [3.05, 3.63) is 34.6 Å². The molecular weight excluding hydrogens is 287 g/mol. The summed E-state index contributed by atoms with van der Waals surface area (Å²) < 4.78 is 5.38. The van der Waals surface area contributed by atoms with Crippen LogP contribution >= 0.6 is 23.2 Å². The van der Waals surface area contributed by atoms with Gasteiger partial charge in [-0.05, 0) is 49.7 Å². The third-order valence-electron chi connectivity index (χ3n) is 2.03. The lowest BCUT2D eigenvalue weighted by molar-refractivity contribution is 0.222. The summed E-state index contributed by atoms with van der Waals surface area (Å²) in [5.74, 6) is 0.318. The molecule has 0 amide bonds. The molecule has 0 fully saturated rings. The Morgan fingerprint density at radius 2 is 1.74 bits per heavy atom. The zero-order valence-electron chi connectivity index (χ0n) is 10.4. The summed E-state index contributed by atoms with van der Waals surface area (Å²) in [6.07, 6.45) is -0.0400. The van der Waals surface area contributed by atoms with E-state index in [1.165, 1.54) is 0 Å². The molecule has 1 aromatic carbocycles. The van der Waals surface area contributed by atoms with E-state index in [1.54, 1.807) is 12.1 Å². The fraction of sp³-hybridized carbons (Fsp3) is 0.250. The average molecular weight is 299 g/mol. The van der Waals surface area contributed by atoms with Gasteiger partial charge in [0.15, 0.2) is 0 Å². The number of nitrogens with one attached hydrogen (secondary N) is 1. The van der Waals surface area contributed by atoms with E-state index in [2.05, 4.69) is 20.3 Å². The predicted octanol–water partition coefficient (Wildman–Crippen LogP) is 3.71. The standard InChI is InChI=1S/C12H12Cl2N4O/c1-7(2)19-12-17-10(14)16-11(18-12)15-9-5-3-8(13)4-6-9/h3-7H,1-2H3,(H,15,16,17,18). The van der Waals surface area contributed by atoms with Crippen molar-refractivity contribution in [3.63, 3.8) is 0 Å². The Kier molecular flexibility index (Phi) is 4.39. The Morgan fingerprint density at radius 3 is 2.37 bits per heavy atom. The van der Waals surface area contributed by atoms with Gasteiger partial charge >= 0.3 is 6.01 Å². The molecule has 0 spiro atoms. The van der Waals surface area contributed by atoms with Gasteiger partial charge in [0.05, 0.1) is 6.10 Å². The zero-order valence-corrected chi connectivity index (χ0v) is 11.9. The van der Waals surface area contributed by atoms with Crippen LogP contribution in [0.15, 0.2) is 24.3 Å². The van der Waals surface area contributed by atoms with E-state index in [0.717, 1.165) is 5.69 Å². The minimum atomic E-state index is -0.0400. The highest BCUT2D eigenvalue weighted by Gasteiger charge is 2.08. The first-order valence-electron chi connectivity index (χ1n) is 5.64. The quantitative estimate of drug-likeness (QED) is 0.932. The van der Waals surface area contributed by atoms with Crippen LogP contribution in [-0.4, -0.2) is 21.1 Å². The first kappa shape index (κ1) is 13.8. The Balaban J connectivity index is 2.19. The summed E-state index contributed by atoms with van der Waals surface area (Å²) in [4.78, 5) is 12.0. The second-order valence-electron chi connectivity index (χ2n) is 4.01. The maximum atomic E-state index is 5.82. The summed E-state index contributed by atoms with van der Waals surface area (Å²) in [7, 11) is 0. The van der Waals surface area contributed by atoms with Gasteiger partial charge < -0.3 is 10.1 Å². The van der Waals surface area contributed by atoms with E-state index in [1.807, 2.05) is 26.0 Å². The smallest absolute Gasteiger partial charge is 0.322 e. The van der Waals surface area contributed by atoms with Crippen LogP contribution in [0, 0.1) is 0 Å². The van der Waals surface area contributed by atoms with Crippen LogP contribution in [0.3, 0.4) is 0 Å². The molecular formula is C12H12Cl2N4O. The van der Waals surface area contributed by atoms with Crippen LogP contribution in [0.25, 0.3) is 0 Å². The van der Waals surface area contributed by atoms with E-state index in [-0.39, 0.29) is 17.4 Å². The second kappa shape index (κ2) is 6.04. The number of hydrogen-bond donors (Lipinski definition) is 1. The van der Waals surface area contributed by atoms with Crippen LogP contribution in [0.5, 0.6) is 6.01 Å². The number of halogens is 2. The molecule has 1 heterocycles. The minimum Gasteiger partial charge on any atom is -0.461 e. The van der Waals surface area contributed by atoms with Gasteiger partial charge in [-0.2, -0.15) is 15.0 Å². The van der Waals surface area contributed by atoms with Crippen LogP contribution in [0.2, 0.25) is 10.3 Å². The monoisotopic (exact) mass is 298 g/mol. The molecule has 1 N–H and O–H groups in total. The van der Waals surface area contributed by atoms with Crippen molar-refractivity contribution < 1.29 is 4.74 Å². The zero-order chi connectivity index (χ0) is 13.8. The lowest BCUT2D eigenvalue weighted by Gasteiger charge is -2.09. The molecule has 2 rings (SSSR count). The number of nitrogens with zero attached hydrogens (tertiary/aromatic N) is 3. The van der Waals surface area contributed by atoms with Crippen molar-refractivity contribution in [2.24, 2.45) is 0 Å². The van der Waals surface area contributed by atoms with E-state index < -0.39 is 0 Å². The number of rotatable bonds is 4. The van der Waals surface area contributed by atoms with Crippen LogP contribution < -0.4 is 10.1 Å². The van der Waals surface area contributed by atoms with Crippen LogP contribution in [0.1, 0.15) is 13.8 Å². The fourth-order valence-corrected chi connectivity index (χ4v) is 1.59. The highest BCUT2D eigenvalue weighted by molar-refractivity contribution is 6.30. The Morgan fingerprint density at radius 1 is 1.05 bits per heavy atom. The Bertz CT molecular complexity index is 560. The number of ether oxygens (including phenoxy) is 1. The highest BCUT2D eigenvalue weighted by Crippen LogP contribution is 2.19. The maximum absolute atomic E-state index is 5.82. The number of anilines is 2. The largest absolute Gasteiger partial charge is 0.461 e. The third-order valence-corrected chi connectivity index (χ3v) is 2.45. The molecule has 19 heavy (non-hydrogen) atoms. The van der Waals surface area contributed by atoms with Gasteiger partial charge in [0.1, 0.15) is 0 Å². The average Bonchev–Trinajstić information content (AvgIpc) is 2.30. The molecule has 0 aliphatic heterocycles. The molecule has 0 radical (unpaired) electrons. The van der Waals surface area contributed by atoms with Gasteiger partial charge in [-0.1, -0.05) is 11.6 Å². The molecule has 1 aromatic heterocycles. The fourth-order valence-electron chi connectivity index (χ4n) is 1.31. The van der Waals surface area contributed by atoms with Crippen molar-refractivity contribution in [3.8, 4) is 6.01 Å². The topological polar surface area (TPSA) is 59.9 Å². The normalized spacial score (nSPS) is 10.6. The number of benzene rings is 1. The molecule has 0 atom stereocenters. The van der Waals surface area contributed by atoms with E-state index in [0.29, 0.717) is 11.0 Å². The second-order valence-corrected chi connectivity index (χ2v) is 4.78. The van der Waals surface area contributed by atoms with Crippen molar-refractivity contribution in [2.45, 2.75) is 20.0 Å². The lowest BCUT2D eigenvalue weighted by Crippen LogP contribution is -2.10. The lowest BCUT2D eigenvalue weighted by atomic mass is 10.3. The Labute approximate surface area is 121 Å².